The van der Waals surface area contributed by atoms with Gasteiger partial charge in [0.2, 0.25) is 11.8 Å². The Morgan fingerprint density at radius 3 is 2.65 bits per heavy atom. The molecule has 142 valence electrons. The molecule has 2 atom stereocenters. The van der Waals surface area contributed by atoms with Gasteiger partial charge in [-0.2, -0.15) is 0 Å². The second-order valence-corrected chi connectivity index (χ2v) is 9.31. The van der Waals surface area contributed by atoms with Gasteiger partial charge in [0.05, 0.1) is 4.87 Å². The zero-order chi connectivity index (χ0) is 18.9. The fourth-order valence-electron chi connectivity index (χ4n) is 3.55. The zero-order valence-electron chi connectivity index (χ0n) is 16.1. The molecule has 1 aromatic carbocycles. The molecular weight excluding hydrogens is 346 g/mol. The van der Waals surface area contributed by atoms with Gasteiger partial charge in [0.1, 0.15) is 6.04 Å². The van der Waals surface area contributed by atoms with Crippen LogP contribution in [0.25, 0.3) is 0 Å². The summed E-state index contributed by atoms with van der Waals surface area (Å²) in [6.45, 7) is 7.85. The summed E-state index contributed by atoms with van der Waals surface area (Å²) in [5.41, 5.74) is 2.34. The number of amides is 2. The van der Waals surface area contributed by atoms with Crippen LogP contribution in [0, 0.1) is 0 Å². The third-order valence-corrected chi connectivity index (χ3v) is 7.06. The molecule has 1 N–H and O–H groups in total. The SMILES string of the molecule is CC(C)N(C)Cc1ccc(CNC(=O)[C@@H]2CS[C@@]3(C)CCC(=O)N23)cc1. The quantitative estimate of drug-likeness (QED) is 0.830. The summed E-state index contributed by atoms with van der Waals surface area (Å²) in [5, 5.41) is 3.01. The minimum Gasteiger partial charge on any atom is -0.350 e. The van der Waals surface area contributed by atoms with Gasteiger partial charge in [-0.1, -0.05) is 24.3 Å². The predicted molar refractivity (Wildman–Crippen MR) is 106 cm³/mol. The first kappa shape index (κ1) is 19.2. The van der Waals surface area contributed by atoms with E-state index in [0.29, 0.717) is 24.8 Å². The van der Waals surface area contributed by atoms with Crippen LogP contribution in [0.1, 0.15) is 44.7 Å². The van der Waals surface area contributed by atoms with Gasteiger partial charge in [-0.25, -0.2) is 0 Å². The molecule has 2 aliphatic heterocycles. The van der Waals surface area contributed by atoms with E-state index in [-0.39, 0.29) is 22.7 Å². The fraction of sp³-hybridized carbons (Fsp3) is 0.600. The first-order valence-corrected chi connectivity index (χ1v) is 10.3. The number of fused-ring (bicyclic) bond motifs is 1. The summed E-state index contributed by atoms with van der Waals surface area (Å²) in [4.78, 5) is 28.7. The molecule has 0 unspecified atom stereocenters. The van der Waals surface area contributed by atoms with Crippen LogP contribution in [0.3, 0.4) is 0 Å². The van der Waals surface area contributed by atoms with Crippen LogP contribution < -0.4 is 5.32 Å². The topological polar surface area (TPSA) is 52.7 Å². The maximum Gasteiger partial charge on any atom is 0.243 e. The third kappa shape index (κ3) is 3.91. The first-order valence-electron chi connectivity index (χ1n) is 9.32. The average Bonchev–Trinajstić information content (AvgIpc) is 3.10. The molecule has 2 heterocycles. The summed E-state index contributed by atoms with van der Waals surface area (Å²) in [6.07, 6.45) is 1.39. The highest BCUT2D eigenvalue weighted by Crippen LogP contribution is 2.47. The summed E-state index contributed by atoms with van der Waals surface area (Å²) in [7, 11) is 2.12. The van der Waals surface area contributed by atoms with Crippen molar-refractivity contribution in [3.05, 3.63) is 35.4 Å². The van der Waals surface area contributed by atoms with Crippen molar-refractivity contribution in [1.29, 1.82) is 0 Å². The van der Waals surface area contributed by atoms with Crippen molar-refractivity contribution >= 4 is 23.6 Å². The number of rotatable bonds is 6. The molecule has 0 spiro atoms. The van der Waals surface area contributed by atoms with Crippen molar-refractivity contribution in [2.75, 3.05) is 12.8 Å². The molecule has 2 saturated heterocycles. The molecule has 0 aromatic heterocycles. The number of hydrogen-bond donors (Lipinski definition) is 1. The van der Waals surface area contributed by atoms with E-state index in [1.165, 1.54) is 5.56 Å². The fourth-order valence-corrected chi connectivity index (χ4v) is 4.99. The van der Waals surface area contributed by atoms with Crippen LogP contribution in [0.2, 0.25) is 0 Å². The number of nitrogens with zero attached hydrogens (tertiary/aromatic N) is 2. The lowest BCUT2D eigenvalue weighted by molar-refractivity contribution is -0.138. The molecule has 26 heavy (non-hydrogen) atoms. The number of thioether (sulfide) groups is 1. The lowest BCUT2D eigenvalue weighted by Gasteiger charge is -2.29. The largest absolute Gasteiger partial charge is 0.350 e. The average molecular weight is 376 g/mol. The summed E-state index contributed by atoms with van der Waals surface area (Å²) in [6, 6.07) is 8.55. The molecule has 2 amide bonds. The van der Waals surface area contributed by atoms with Crippen molar-refractivity contribution in [3.63, 3.8) is 0 Å². The predicted octanol–water partition coefficient (Wildman–Crippen LogP) is 2.60. The molecule has 2 fully saturated rings. The standard InChI is InChI=1S/C20H29N3O2S/c1-14(2)22(4)12-16-7-5-15(6-8-16)11-21-19(25)17-13-26-20(3)10-9-18(24)23(17)20/h5-8,14,17H,9-13H2,1-4H3,(H,21,25)/t17-,20-/m0/s1. The van der Waals surface area contributed by atoms with E-state index < -0.39 is 0 Å². The van der Waals surface area contributed by atoms with Gasteiger partial charge < -0.3 is 10.2 Å². The number of nitrogens with one attached hydrogen (secondary N) is 1. The van der Waals surface area contributed by atoms with E-state index in [0.717, 1.165) is 18.5 Å². The van der Waals surface area contributed by atoms with Crippen molar-refractivity contribution in [2.24, 2.45) is 0 Å². The smallest absolute Gasteiger partial charge is 0.243 e. The van der Waals surface area contributed by atoms with Crippen LogP contribution in [0.5, 0.6) is 0 Å². The Labute approximate surface area is 160 Å². The molecule has 5 nitrogen and oxygen atoms in total. The van der Waals surface area contributed by atoms with Crippen molar-refractivity contribution in [2.45, 2.75) is 63.7 Å². The Morgan fingerprint density at radius 1 is 1.35 bits per heavy atom. The van der Waals surface area contributed by atoms with Gasteiger partial charge in [0.25, 0.3) is 0 Å². The van der Waals surface area contributed by atoms with Crippen LogP contribution in [0.4, 0.5) is 0 Å². The highest BCUT2D eigenvalue weighted by atomic mass is 32.2. The van der Waals surface area contributed by atoms with Gasteiger partial charge in [0.15, 0.2) is 0 Å². The molecule has 6 heteroatoms. The van der Waals surface area contributed by atoms with E-state index in [4.69, 9.17) is 0 Å². The molecule has 0 bridgehead atoms. The Morgan fingerprint density at radius 2 is 2.00 bits per heavy atom. The van der Waals surface area contributed by atoms with Gasteiger partial charge in [-0.3, -0.25) is 14.5 Å². The lowest BCUT2D eigenvalue weighted by Crippen LogP contribution is -2.49. The Balaban J connectivity index is 1.54. The summed E-state index contributed by atoms with van der Waals surface area (Å²) >= 11 is 1.73. The molecule has 0 aliphatic carbocycles. The molecule has 3 rings (SSSR count). The van der Waals surface area contributed by atoms with E-state index >= 15 is 0 Å². The third-order valence-electron chi connectivity index (χ3n) is 5.55. The van der Waals surface area contributed by atoms with Gasteiger partial charge in [-0.05, 0) is 45.4 Å². The van der Waals surface area contributed by atoms with E-state index in [1.807, 2.05) is 0 Å². The number of benzene rings is 1. The normalized spacial score (nSPS) is 25.2. The maximum absolute atomic E-state index is 12.6. The number of hydrogen-bond acceptors (Lipinski definition) is 4. The highest BCUT2D eigenvalue weighted by molar-refractivity contribution is 8.01. The Bertz CT molecular complexity index is 676. The van der Waals surface area contributed by atoms with Crippen molar-refractivity contribution in [1.82, 2.24) is 15.1 Å². The summed E-state index contributed by atoms with van der Waals surface area (Å²) in [5.74, 6) is 0.755. The molecular formula is C20H29N3O2S. The van der Waals surface area contributed by atoms with Crippen molar-refractivity contribution in [3.8, 4) is 0 Å². The van der Waals surface area contributed by atoms with Crippen LogP contribution in [-0.2, 0) is 22.7 Å². The van der Waals surface area contributed by atoms with Crippen LogP contribution in [0.15, 0.2) is 24.3 Å². The molecule has 0 radical (unpaired) electrons. The van der Waals surface area contributed by atoms with Gasteiger partial charge >= 0.3 is 0 Å². The molecule has 2 aliphatic rings. The monoisotopic (exact) mass is 375 g/mol. The van der Waals surface area contributed by atoms with Crippen LogP contribution >= 0.6 is 11.8 Å². The Hall–Kier alpha value is -1.53. The van der Waals surface area contributed by atoms with E-state index in [2.05, 4.69) is 62.3 Å². The van der Waals surface area contributed by atoms with Crippen LogP contribution in [-0.4, -0.2) is 51.4 Å². The van der Waals surface area contributed by atoms with Crippen molar-refractivity contribution < 1.29 is 9.59 Å². The van der Waals surface area contributed by atoms with Gasteiger partial charge in [0, 0.05) is 31.3 Å². The van der Waals surface area contributed by atoms with E-state index in [1.54, 1.807) is 16.7 Å². The second kappa shape index (κ2) is 7.61. The molecule has 1 aromatic rings. The van der Waals surface area contributed by atoms with Gasteiger partial charge in [-0.15, -0.1) is 11.8 Å². The Kier molecular flexibility index (Phi) is 5.63. The molecule has 0 saturated carbocycles. The minimum atomic E-state index is -0.334. The minimum absolute atomic E-state index is 0.0416. The maximum atomic E-state index is 12.6. The lowest BCUT2D eigenvalue weighted by atomic mass is 10.1. The highest BCUT2D eigenvalue weighted by Gasteiger charge is 2.52. The second-order valence-electron chi connectivity index (χ2n) is 7.81. The number of carbonyl (C=O) groups is 2. The number of carbonyl (C=O) groups excluding carboxylic acids is 2. The zero-order valence-corrected chi connectivity index (χ0v) is 16.9. The van der Waals surface area contributed by atoms with E-state index in [9.17, 15) is 9.59 Å². The summed E-state index contributed by atoms with van der Waals surface area (Å²) < 4.78 is 0. The first-order chi connectivity index (χ1) is 12.3.